The molecule has 0 aliphatic carbocycles. The molecular weight excluding hydrogens is 332 g/mol. The number of anilines is 1. The fourth-order valence-electron chi connectivity index (χ4n) is 3.43. The fraction of sp³-hybridized carbons (Fsp3) is 0.650. The van der Waals surface area contributed by atoms with E-state index in [1.165, 1.54) is 0 Å². The third-order valence-electron chi connectivity index (χ3n) is 4.47. The first kappa shape index (κ1) is 18.8. The Morgan fingerprint density at radius 2 is 1.88 bits per heavy atom. The molecule has 6 nitrogen and oxygen atoms in total. The van der Waals surface area contributed by atoms with Crippen molar-refractivity contribution < 1.29 is 19.0 Å². The van der Waals surface area contributed by atoms with E-state index in [0.717, 1.165) is 30.1 Å². The van der Waals surface area contributed by atoms with Crippen molar-refractivity contribution in [2.24, 2.45) is 0 Å². The van der Waals surface area contributed by atoms with Gasteiger partial charge in [0.2, 0.25) is 0 Å². The summed E-state index contributed by atoms with van der Waals surface area (Å²) in [7, 11) is 0. The lowest BCUT2D eigenvalue weighted by Gasteiger charge is -2.37. The van der Waals surface area contributed by atoms with E-state index < -0.39 is 5.60 Å². The zero-order chi connectivity index (χ0) is 18.9. The topological polar surface area (TPSA) is 51.2 Å². The zero-order valence-corrected chi connectivity index (χ0v) is 16.4. The molecule has 0 spiro atoms. The minimum Gasteiger partial charge on any atom is -0.491 e. The summed E-state index contributed by atoms with van der Waals surface area (Å²) < 4.78 is 17.3. The summed E-state index contributed by atoms with van der Waals surface area (Å²) in [5.74, 6) is 0.848. The lowest BCUT2D eigenvalue weighted by Crippen LogP contribution is -2.45. The van der Waals surface area contributed by atoms with Crippen LogP contribution in [0.3, 0.4) is 0 Å². The summed E-state index contributed by atoms with van der Waals surface area (Å²) in [6, 6.07) is 6.24. The average Bonchev–Trinajstić information content (AvgIpc) is 2.74. The Kier molecular flexibility index (Phi) is 5.32. The molecule has 2 unspecified atom stereocenters. The molecule has 1 fully saturated rings. The minimum atomic E-state index is -0.499. The molecule has 26 heavy (non-hydrogen) atoms. The number of nitrogens with zero attached hydrogens (tertiary/aromatic N) is 2. The number of ether oxygens (including phenoxy) is 3. The summed E-state index contributed by atoms with van der Waals surface area (Å²) in [5.41, 5.74) is 1.64. The number of fused-ring (bicyclic) bond motifs is 1. The van der Waals surface area contributed by atoms with E-state index in [-0.39, 0.29) is 18.3 Å². The second-order valence-corrected chi connectivity index (χ2v) is 8.20. The van der Waals surface area contributed by atoms with Crippen molar-refractivity contribution in [3.05, 3.63) is 23.8 Å². The van der Waals surface area contributed by atoms with E-state index >= 15 is 0 Å². The van der Waals surface area contributed by atoms with E-state index in [9.17, 15) is 4.79 Å². The quantitative estimate of drug-likeness (QED) is 0.766. The van der Waals surface area contributed by atoms with Crippen molar-refractivity contribution in [1.82, 2.24) is 4.90 Å². The average molecular weight is 362 g/mol. The monoisotopic (exact) mass is 362 g/mol. The summed E-state index contributed by atoms with van der Waals surface area (Å²) in [6.07, 6.45) is 0.121. The van der Waals surface area contributed by atoms with Gasteiger partial charge in [0.1, 0.15) is 18.0 Å². The third kappa shape index (κ3) is 4.61. The fourth-order valence-corrected chi connectivity index (χ4v) is 3.43. The van der Waals surface area contributed by atoms with Crippen LogP contribution >= 0.6 is 0 Å². The van der Waals surface area contributed by atoms with Gasteiger partial charge in [-0.3, -0.25) is 0 Å². The van der Waals surface area contributed by atoms with Gasteiger partial charge in [-0.2, -0.15) is 0 Å². The second kappa shape index (κ2) is 7.35. The molecule has 1 aromatic rings. The second-order valence-electron chi connectivity index (χ2n) is 8.20. The number of benzene rings is 1. The molecule has 0 aromatic heterocycles. The van der Waals surface area contributed by atoms with Gasteiger partial charge in [0.15, 0.2) is 0 Å². The maximum Gasteiger partial charge on any atom is 0.410 e. The van der Waals surface area contributed by atoms with Gasteiger partial charge in [-0.05, 0) is 40.7 Å². The molecule has 2 atom stereocenters. The van der Waals surface area contributed by atoms with Crippen LogP contribution in [0.15, 0.2) is 18.2 Å². The van der Waals surface area contributed by atoms with Crippen LogP contribution in [0, 0.1) is 0 Å². The highest BCUT2D eigenvalue weighted by molar-refractivity contribution is 5.68. The molecule has 2 aliphatic heterocycles. The number of carbonyl (C=O) groups is 1. The highest BCUT2D eigenvalue weighted by Gasteiger charge is 2.27. The van der Waals surface area contributed by atoms with Gasteiger partial charge >= 0.3 is 6.09 Å². The molecule has 144 valence electrons. The Balaban J connectivity index is 1.74. The van der Waals surface area contributed by atoms with E-state index in [4.69, 9.17) is 14.2 Å². The van der Waals surface area contributed by atoms with Crippen LogP contribution in [-0.4, -0.2) is 55.0 Å². The SMILES string of the molecule is CC1CN(c2ccc3c(c2)OCCN(C(=O)OC(C)(C)C)C3)CC(C)O1. The number of hydrogen-bond donors (Lipinski definition) is 0. The van der Waals surface area contributed by atoms with Crippen LogP contribution in [0.4, 0.5) is 10.5 Å². The number of hydrogen-bond acceptors (Lipinski definition) is 5. The molecule has 3 rings (SSSR count). The normalized spacial score (nSPS) is 23.7. The highest BCUT2D eigenvalue weighted by atomic mass is 16.6. The van der Waals surface area contributed by atoms with Crippen LogP contribution in [0.25, 0.3) is 0 Å². The summed E-state index contributed by atoms with van der Waals surface area (Å²) in [4.78, 5) is 16.4. The summed E-state index contributed by atoms with van der Waals surface area (Å²) >= 11 is 0. The molecule has 0 bridgehead atoms. The predicted octanol–water partition coefficient (Wildman–Crippen LogP) is 3.43. The van der Waals surface area contributed by atoms with E-state index in [2.05, 4.69) is 36.9 Å². The van der Waals surface area contributed by atoms with Crippen molar-refractivity contribution in [3.8, 4) is 5.75 Å². The van der Waals surface area contributed by atoms with Crippen molar-refractivity contribution in [2.45, 2.75) is 59.0 Å². The van der Waals surface area contributed by atoms with Gasteiger partial charge in [0.05, 0.1) is 25.3 Å². The van der Waals surface area contributed by atoms with Crippen molar-refractivity contribution >= 4 is 11.8 Å². The number of rotatable bonds is 1. The van der Waals surface area contributed by atoms with Crippen molar-refractivity contribution in [1.29, 1.82) is 0 Å². The smallest absolute Gasteiger partial charge is 0.410 e. The molecule has 2 heterocycles. The van der Waals surface area contributed by atoms with Crippen LogP contribution in [-0.2, 0) is 16.0 Å². The molecule has 0 saturated carbocycles. The Bertz CT molecular complexity index is 646. The van der Waals surface area contributed by atoms with E-state index in [1.54, 1.807) is 4.90 Å². The van der Waals surface area contributed by atoms with Gasteiger partial charge < -0.3 is 24.0 Å². The van der Waals surface area contributed by atoms with Gasteiger partial charge in [0.25, 0.3) is 0 Å². The molecule has 0 N–H and O–H groups in total. The molecule has 2 aliphatic rings. The van der Waals surface area contributed by atoms with Gasteiger partial charge in [-0.1, -0.05) is 6.07 Å². The first-order chi connectivity index (χ1) is 12.2. The van der Waals surface area contributed by atoms with Gasteiger partial charge in [0, 0.05) is 30.4 Å². The Morgan fingerprint density at radius 3 is 2.54 bits per heavy atom. The molecule has 6 heteroatoms. The van der Waals surface area contributed by atoms with Crippen LogP contribution in [0.1, 0.15) is 40.2 Å². The molecule has 1 saturated heterocycles. The Morgan fingerprint density at radius 1 is 1.19 bits per heavy atom. The lowest BCUT2D eigenvalue weighted by molar-refractivity contribution is -0.00523. The van der Waals surface area contributed by atoms with Crippen LogP contribution in [0.5, 0.6) is 5.75 Å². The predicted molar refractivity (Wildman–Crippen MR) is 101 cm³/mol. The molecule has 1 aromatic carbocycles. The third-order valence-corrected chi connectivity index (χ3v) is 4.47. The minimum absolute atomic E-state index is 0.209. The first-order valence-corrected chi connectivity index (χ1v) is 9.35. The number of morpholine rings is 1. The highest BCUT2D eigenvalue weighted by Crippen LogP contribution is 2.30. The van der Waals surface area contributed by atoms with Crippen LogP contribution < -0.4 is 9.64 Å². The van der Waals surface area contributed by atoms with E-state index in [0.29, 0.717) is 19.7 Å². The maximum absolute atomic E-state index is 12.4. The standard InChI is InChI=1S/C20H30N2O4/c1-14-11-22(12-15(2)25-14)17-7-6-16-13-21(8-9-24-18(16)10-17)19(23)26-20(3,4)5/h6-7,10,14-15H,8-9,11-13H2,1-5H3. The Labute approximate surface area is 156 Å². The van der Waals surface area contributed by atoms with Gasteiger partial charge in [-0.25, -0.2) is 4.79 Å². The van der Waals surface area contributed by atoms with Gasteiger partial charge in [-0.15, -0.1) is 0 Å². The molecule has 0 radical (unpaired) electrons. The summed E-state index contributed by atoms with van der Waals surface area (Å²) in [6.45, 7) is 13.1. The van der Waals surface area contributed by atoms with Crippen LogP contribution in [0.2, 0.25) is 0 Å². The van der Waals surface area contributed by atoms with Crippen molar-refractivity contribution in [3.63, 3.8) is 0 Å². The summed E-state index contributed by atoms with van der Waals surface area (Å²) in [5, 5.41) is 0. The molecule has 1 amide bonds. The zero-order valence-electron chi connectivity index (χ0n) is 16.4. The first-order valence-electron chi connectivity index (χ1n) is 9.35. The number of amides is 1. The Hall–Kier alpha value is -1.95. The van der Waals surface area contributed by atoms with E-state index in [1.807, 2.05) is 20.8 Å². The lowest BCUT2D eigenvalue weighted by atomic mass is 10.1. The largest absolute Gasteiger partial charge is 0.491 e. The number of carbonyl (C=O) groups excluding carboxylic acids is 1. The molecular formula is C20H30N2O4. The maximum atomic E-state index is 12.4. The van der Waals surface area contributed by atoms with Crippen molar-refractivity contribution in [2.75, 3.05) is 31.1 Å².